The molecule has 0 heterocycles. The van der Waals surface area contributed by atoms with E-state index in [0.29, 0.717) is 11.3 Å². The molecule has 0 fully saturated rings. The molecule has 0 saturated carbocycles. The van der Waals surface area contributed by atoms with E-state index in [9.17, 15) is 9.59 Å². The first kappa shape index (κ1) is 17.1. The summed E-state index contributed by atoms with van der Waals surface area (Å²) in [6.07, 6.45) is 0. The van der Waals surface area contributed by atoms with Crippen LogP contribution < -0.4 is 16.0 Å². The summed E-state index contributed by atoms with van der Waals surface area (Å²) in [5.74, 6) is -0.445. The van der Waals surface area contributed by atoms with Crippen LogP contribution in [0.5, 0.6) is 0 Å². The van der Waals surface area contributed by atoms with E-state index in [-0.39, 0.29) is 28.9 Å². The van der Waals surface area contributed by atoms with Crippen molar-refractivity contribution in [3.05, 3.63) is 29.8 Å². The molecule has 5 nitrogen and oxygen atoms in total. The molecule has 1 aromatic carbocycles. The fraction of sp³-hybridized carbons (Fsp3) is 0.400. The van der Waals surface area contributed by atoms with Crippen LogP contribution in [0.25, 0.3) is 0 Å². The molecule has 1 aromatic rings. The lowest BCUT2D eigenvalue weighted by molar-refractivity contribution is -0.122. The van der Waals surface area contributed by atoms with E-state index in [1.165, 1.54) is 0 Å². The van der Waals surface area contributed by atoms with Crippen molar-refractivity contribution >= 4 is 34.8 Å². The van der Waals surface area contributed by atoms with Gasteiger partial charge in [0.05, 0.1) is 0 Å². The second-order valence-electron chi connectivity index (χ2n) is 5.31. The molecule has 114 valence electrons. The van der Waals surface area contributed by atoms with Gasteiger partial charge in [-0.25, -0.2) is 0 Å². The van der Waals surface area contributed by atoms with Gasteiger partial charge in [0, 0.05) is 23.2 Å². The Kier molecular flexibility index (Phi) is 6.30. The summed E-state index contributed by atoms with van der Waals surface area (Å²) < 4.78 is 0. The van der Waals surface area contributed by atoms with Gasteiger partial charge in [-0.1, -0.05) is 19.9 Å². The van der Waals surface area contributed by atoms with Crippen LogP contribution in [0.2, 0.25) is 0 Å². The van der Waals surface area contributed by atoms with Crippen molar-refractivity contribution < 1.29 is 9.59 Å². The quantitative estimate of drug-likeness (QED) is 0.747. The maximum absolute atomic E-state index is 11.9. The highest BCUT2D eigenvalue weighted by Crippen LogP contribution is 2.11. The molecule has 6 heteroatoms. The first-order chi connectivity index (χ1) is 9.79. The average molecular weight is 307 g/mol. The third-order valence-corrected chi connectivity index (χ3v) is 2.77. The Morgan fingerprint density at radius 1 is 1.14 bits per heavy atom. The zero-order valence-electron chi connectivity index (χ0n) is 12.7. The Morgan fingerprint density at radius 2 is 1.81 bits per heavy atom. The van der Waals surface area contributed by atoms with Gasteiger partial charge in [-0.2, -0.15) is 0 Å². The number of thiocarbonyl (C=S) groups is 1. The molecule has 2 amide bonds. The van der Waals surface area contributed by atoms with Crippen molar-refractivity contribution in [2.45, 2.75) is 33.7 Å². The smallest absolute Gasteiger partial charge is 0.251 e. The molecular weight excluding hydrogens is 286 g/mol. The van der Waals surface area contributed by atoms with Crippen LogP contribution in [0.1, 0.15) is 38.1 Å². The van der Waals surface area contributed by atoms with Crippen molar-refractivity contribution in [1.82, 2.24) is 10.6 Å². The SMILES string of the molecule is CC(C)NC(=O)c1cccc(NC(=S)NC(=O)C(C)C)c1. The minimum absolute atomic E-state index is 0.0699. The van der Waals surface area contributed by atoms with E-state index in [0.717, 1.165) is 0 Å². The van der Waals surface area contributed by atoms with Gasteiger partial charge in [0.2, 0.25) is 5.91 Å². The van der Waals surface area contributed by atoms with Gasteiger partial charge < -0.3 is 16.0 Å². The molecule has 0 aliphatic carbocycles. The number of carbonyl (C=O) groups excluding carboxylic acids is 2. The van der Waals surface area contributed by atoms with E-state index in [2.05, 4.69) is 16.0 Å². The Balaban J connectivity index is 2.70. The number of amides is 2. The minimum atomic E-state index is -0.152. The van der Waals surface area contributed by atoms with E-state index in [1.807, 2.05) is 13.8 Å². The van der Waals surface area contributed by atoms with Gasteiger partial charge in [0.25, 0.3) is 5.91 Å². The summed E-state index contributed by atoms with van der Waals surface area (Å²) in [4.78, 5) is 23.5. The molecule has 21 heavy (non-hydrogen) atoms. The zero-order chi connectivity index (χ0) is 16.0. The molecule has 0 saturated heterocycles. The van der Waals surface area contributed by atoms with E-state index < -0.39 is 0 Å². The lowest BCUT2D eigenvalue weighted by Crippen LogP contribution is -2.36. The number of carbonyl (C=O) groups is 2. The molecule has 0 unspecified atom stereocenters. The van der Waals surface area contributed by atoms with Crippen LogP contribution in [0, 0.1) is 5.92 Å². The highest BCUT2D eigenvalue weighted by molar-refractivity contribution is 7.80. The van der Waals surface area contributed by atoms with E-state index in [4.69, 9.17) is 12.2 Å². The van der Waals surface area contributed by atoms with Gasteiger partial charge >= 0.3 is 0 Å². The van der Waals surface area contributed by atoms with Gasteiger partial charge in [-0.15, -0.1) is 0 Å². The Labute approximate surface area is 130 Å². The van der Waals surface area contributed by atoms with E-state index in [1.54, 1.807) is 38.1 Å². The van der Waals surface area contributed by atoms with Gasteiger partial charge in [-0.3, -0.25) is 9.59 Å². The molecule has 0 atom stereocenters. The number of anilines is 1. The topological polar surface area (TPSA) is 70.2 Å². The molecule has 0 radical (unpaired) electrons. The molecule has 0 aliphatic heterocycles. The lowest BCUT2D eigenvalue weighted by Gasteiger charge is -2.12. The first-order valence-electron chi connectivity index (χ1n) is 6.82. The molecule has 0 aromatic heterocycles. The summed E-state index contributed by atoms with van der Waals surface area (Å²) >= 11 is 5.07. The summed E-state index contributed by atoms with van der Waals surface area (Å²) in [6.45, 7) is 7.37. The summed E-state index contributed by atoms with van der Waals surface area (Å²) in [5, 5.41) is 8.52. The van der Waals surface area contributed by atoms with Crippen molar-refractivity contribution in [2.24, 2.45) is 5.92 Å². The van der Waals surface area contributed by atoms with Crippen molar-refractivity contribution in [1.29, 1.82) is 0 Å². The minimum Gasteiger partial charge on any atom is -0.350 e. The molecule has 3 N–H and O–H groups in total. The van der Waals surface area contributed by atoms with Gasteiger partial charge in [-0.05, 0) is 44.3 Å². The van der Waals surface area contributed by atoms with Crippen LogP contribution in [0.3, 0.4) is 0 Å². The van der Waals surface area contributed by atoms with Gasteiger partial charge in [0.15, 0.2) is 5.11 Å². The molecule has 1 rings (SSSR count). The second kappa shape index (κ2) is 7.73. The van der Waals surface area contributed by atoms with Gasteiger partial charge in [0.1, 0.15) is 0 Å². The second-order valence-corrected chi connectivity index (χ2v) is 5.72. The molecule has 0 bridgehead atoms. The monoisotopic (exact) mass is 307 g/mol. The highest BCUT2D eigenvalue weighted by atomic mass is 32.1. The summed E-state index contributed by atoms with van der Waals surface area (Å²) in [5.41, 5.74) is 1.19. The summed E-state index contributed by atoms with van der Waals surface area (Å²) in [7, 11) is 0. The van der Waals surface area contributed by atoms with Crippen molar-refractivity contribution in [3.8, 4) is 0 Å². The fourth-order valence-corrected chi connectivity index (χ4v) is 1.72. The Bertz CT molecular complexity index is 541. The number of rotatable bonds is 4. The molecular formula is C15H21N3O2S. The fourth-order valence-electron chi connectivity index (χ4n) is 1.50. The third kappa shape index (κ3) is 5.91. The largest absolute Gasteiger partial charge is 0.350 e. The average Bonchev–Trinajstić information content (AvgIpc) is 2.37. The predicted molar refractivity (Wildman–Crippen MR) is 88.2 cm³/mol. The molecule has 0 aliphatic rings. The van der Waals surface area contributed by atoms with Crippen LogP contribution in [0.4, 0.5) is 5.69 Å². The normalized spacial score (nSPS) is 10.4. The van der Waals surface area contributed by atoms with Crippen LogP contribution in [-0.2, 0) is 4.79 Å². The first-order valence-corrected chi connectivity index (χ1v) is 7.23. The summed E-state index contributed by atoms with van der Waals surface area (Å²) in [6, 6.07) is 7.01. The maximum Gasteiger partial charge on any atom is 0.251 e. The Morgan fingerprint density at radius 3 is 2.38 bits per heavy atom. The number of hydrogen-bond donors (Lipinski definition) is 3. The number of benzene rings is 1. The third-order valence-electron chi connectivity index (χ3n) is 2.56. The number of hydrogen-bond acceptors (Lipinski definition) is 3. The standard InChI is InChI=1S/C15H21N3O2S/c1-9(2)13(19)18-15(21)17-12-7-5-6-11(8-12)14(20)16-10(3)4/h5-10H,1-4H3,(H,16,20)(H2,17,18,19,21). The predicted octanol–water partition coefficient (Wildman–Crippen LogP) is 2.29. The number of nitrogens with one attached hydrogen (secondary N) is 3. The van der Waals surface area contributed by atoms with Crippen LogP contribution in [0.15, 0.2) is 24.3 Å². The van der Waals surface area contributed by atoms with Crippen LogP contribution in [-0.4, -0.2) is 23.0 Å². The Hall–Kier alpha value is -1.95. The van der Waals surface area contributed by atoms with Crippen LogP contribution >= 0.6 is 12.2 Å². The zero-order valence-corrected chi connectivity index (χ0v) is 13.5. The molecule has 0 spiro atoms. The van der Waals surface area contributed by atoms with Crippen molar-refractivity contribution in [2.75, 3.05) is 5.32 Å². The maximum atomic E-state index is 11.9. The van der Waals surface area contributed by atoms with Crippen molar-refractivity contribution in [3.63, 3.8) is 0 Å². The lowest BCUT2D eigenvalue weighted by atomic mass is 10.2. The van der Waals surface area contributed by atoms with E-state index >= 15 is 0 Å². The highest BCUT2D eigenvalue weighted by Gasteiger charge is 2.10.